The van der Waals surface area contributed by atoms with Crippen LogP contribution in [0.15, 0.2) is 42.5 Å². The lowest BCUT2D eigenvalue weighted by molar-refractivity contribution is -0.384. The highest BCUT2D eigenvalue weighted by Crippen LogP contribution is 2.27. The van der Waals surface area contributed by atoms with Gasteiger partial charge in [-0.1, -0.05) is 18.2 Å². The van der Waals surface area contributed by atoms with Crippen LogP contribution in [-0.2, 0) is 22.6 Å². The molecule has 1 aliphatic heterocycles. The van der Waals surface area contributed by atoms with E-state index in [-0.39, 0.29) is 24.6 Å². The number of ether oxygens (including phenoxy) is 1. The number of nitrogens with one attached hydrogen (secondary N) is 1. The Labute approximate surface area is 131 Å². The maximum Gasteiger partial charge on any atom is 0.338 e. The van der Waals surface area contributed by atoms with E-state index in [0.717, 1.165) is 0 Å². The number of anilines is 1. The highest BCUT2D eigenvalue weighted by atomic mass is 16.6. The molecule has 7 heteroatoms. The van der Waals surface area contributed by atoms with Gasteiger partial charge in [-0.2, -0.15) is 0 Å². The van der Waals surface area contributed by atoms with Gasteiger partial charge >= 0.3 is 5.97 Å². The predicted octanol–water partition coefficient (Wildman–Crippen LogP) is 2.45. The molecule has 0 aromatic heterocycles. The molecule has 1 aliphatic rings. The van der Waals surface area contributed by atoms with Crippen LogP contribution in [0.5, 0.6) is 0 Å². The molecule has 0 spiro atoms. The molecule has 3 rings (SSSR count). The molecule has 1 amide bonds. The second kappa shape index (κ2) is 5.88. The number of non-ortho nitro benzene ring substituents is 1. The lowest BCUT2D eigenvalue weighted by Crippen LogP contribution is -2.15. The smallest absolute Gasteiger partial charge is 0.338 e. The number of nitro groups is 1. The molecule has 23 heavy (non-hydrogen) atoms. The van der Waals surface area contributed by atoms with Crippen LogP contribution in [0.4, 0.5) is 11.4 Å². The van der Waals surface area contributed by atoms with E-state index in [1.165, 1.54) is 18.2 Å². The molecule has 1 heterocycles. The molecule has 7 nitrogen and oxygen atoms in total. The van der Waals surface area contributed by atoms with Crippen LogP contribution in [0.25, 0.3) is 0 Å². The zero-order chi connectivity index (χ0) is 16.4. The Balaban J connectivity index is 1.75. The van der Waals surface area contributed by atoms with Crippen LogP contribution in [0.1, 0.15) is 21.5 Å². The molecular formula is C16H12N2O5. The number of hydrogen-bond acceptors (Lipinski definition) is 5. The molecule has 0 radical (unpaired) electrons. The number of cyclic esters (lactones) is 1. The minimum absolute atomic E-state index is 0.000150. The Hall–Kier alpha value is -3.22. The molecule has 0 saturated carbocycles. The minimum Gasteiger partial charge on any atom is -0.457 e. The van der Waals surface area contributed by atoms with Gasteiger partial charge in [0.2, 0.25) is 5.91 Å². The van der Waals surface area contributed by atoms with Crippen LogP contribution in [-0.4, -0.2) is 16.8 Å². The number of nitro benzene ring substituents is 1. The SMILES string of the molecule is O=C(Cc1cccc([N+](=O)[O-])c1)Nc1cccc2c1COC2=O. The van der Waals surface area contributed by atoms with Gasteiger partial charge in [0.15, 0.2) is 0 Å². The zero-order valence-corrected chi connectivity index (χ0v) is 11.9. The third-order valence-electron chi connectivity index (χ3n) is 3.50. The van der Waals surface area contributed by atoms with Gasteiger partial charge in [0, 0.05) is 23.4 Å². The second-order valence-electron chi connectivity index (χ2n) is 5.06. The van der Waals surface area contributed by atoms with Crippen LogP contribution in [0.2, 0.25) is 0 Å². The van der Waals surface area contributed by atoms with Crippen molar-refractivity contribution in [3.8, 4) is 0 Å². The van der Waals surface area contributed by atoms with Crippen molar-refractivity contribution in [1.29, 1.82) is 0 Å². The Morgan fingerprint density at radius 1 is 1.26 bits per heavy atom. The van der Waals surface area contributed by atoms with Crippen molar-refractivity contribution >= 4 is 23.3 Å². The first-order valence-corrected chi connectivity index (χ1v) is 6.87. The van der Waals surface area contributed by atoms with Crippen molar-refractivity contribution in [3.05, 3.63) is 69.3 Å². The zero-order valence-electron chi connectivity index (χ0n) is 11.9. The number of benzene rings is 2. The molecule has 0 saturated heterocycles. The Morgan fingerprint density at radius 3 is 2.83 bits per heavy atom. The molecule has 0 unspecified atom stereocenters. The van der Waals surface area contributed by atoms with Crippen molar-refractivity contribution in [2.75, 3.05) is 5.32 Å². The van der Waals surface area contributed by atoms with Crippen LogP contribution >= 0.6 is 0 Å². The van der Waals surface area contributed by atoms with Gasteiger partial charge in [-0.3, -0.25) is 14.9 Å². The third-order valence-corrected chi connectivity index (χ3v) is 3.50. The van der Waals surface area contributed by atoms with Crippen LogP contribution in [0.3, 0.4) is 0 Å². The summed E-state index contributed by atoms with van der Waals surface area (Å²) in [6.45, 7) is 0.126. The molecule has 0 bridgehead atoms. The summed E-state index contributed by atoms with van der Waals surface area (Å²) in [4.78, 5) is 33.9. The largest absolute Gasteiger partial charge is 0.457 e. The summed E-state index contributed by atoms with van der Waals surface area (Å²) in [7, 11) is 0. The monoisotopic (exact) mass is 312 g/mol. The summed E-state index contributed by atoms with van der Waals surface area (Å²) in [6.07, 6.45) is 0.000150. The summed E-state index contributed by atoms with van der Waals surface area (Å²) < 4.78 is 4.94. The topological polar surface area (TPSA) is 98.5 Å². The van der Waals surface area contributed by atoms with E-state index in [4.69, 9.17) is 4.74 Å². The van der Waals surface area contributed by atoms with E-state index in [1.807, 2.05) is 0 Å². The maximum atomic E-state index is 12.1. The molecule has 2 aromatic rings. The first-order chi connectivity index (χ1) is 11.0. The Bertz CT molecular complexity index is 816. The van der Waals surface area contributed by atoms with Gasteiger partial charge in [0.1, 0.15) is 6.61 Å². The summed E-state index contributed by atoms with van der Waals surface area (Å²) >= 11 is 0. The minimum atomic E-state index is -0.506. The lowest BCUT2D eigenvalue weighted by Gasteiger charge is -2.08. The predicted molar refractivity (Wildman–Crippen MR) is 81.0 cm³/mol. The van der Waals surface area contributed by atoms with Crippen molar-refractivity contribution in [3.63, 3.8) is 0 Å². The number of esters is 1. The van der Waals surface area contributed by atoms with E-state index in [2.05, 4.69) is 5.32 Å². The van der Waals surface area contributed by atoms with E-state index >= 15 is 0 Å². The quantitative estimate of drug-likeness (QED) is 0.531. The highest BCUT2D eigenvalue weighted by molar-refractivity contribution is 5.99. The van der Waals surface area contributed by atoms with Crippen molar-refractivity contribution in [1.82, 2.24) is 0 Å². The van der Waals surface area contributed by atoms with Crippen LogP contribution in [0, 0.1) is 10.1 Å². The first kappa shape index (κ1) is 14.7. The number of hydrogen-bond donors (Lipinski definition) is 1. The van der Waals surface area contributed by atoms with Gasteiger partial charge in [0.25, 0.3) is 5.69 Å². The van der Waals surface area contributed by atoms with Gasteiger partial charge in [-0.05, 0) is 17.7 Å². The summed E-state index contributed by atoms with van der Waals surface area (Å²) in [5.41, 5.74) is 2.08. The molecule has 1 N–H and O–H groups in total. The number of fused-ring (bicyclic) bond motifs is 1. The van der Waals surface area contributed by atoms with Gasteiger partial charge < -0.3 is 10.1 Å². The summed E-state index contributed by atoms with van der Waals surface area (Å²) in [5, 5.41) is 13.5. The summed E-state index contributed by atoms with van der Waals surface area (Å²) in [6, 6.07) is 10.9. The highest BCUT2D eigenvalue weighted by Gasteiger charge is 2.24. The molecular weight excluding hydrogens is 300 g/mol. The van der Waals surface area contributed by atoms with E-state index in [9.17, 15) is 19.7 Å². The van der Waals surface area contributed by atoms with E-state index in [0.29, 0.717) is 22.4 Å². The fourth-order valence-electron chi connectivity index (χ4n) is 2.43. The number of carbonyl (C=O) groups is 2. The fraction of sp³-hybridized carbons (Fsp3) is 0.125. The van der Waals surface area contributed by atoms with Crippen LogP contribution < -0.4 is 5.32 Å². The molecule has 0 fully saturated rings. The number of rotatable bonds is 4. The molecule has 0 aliphatic carbocycles. The van der Waals surface area contributed by atoms with Gasteiger partial charge in [-0.15, -0.1) is 0 Å². The fourth-order valence-corrected chi connectivity index (χ4v) is 2.43. The summed E-state index contributed by atoms with van der Waals surface area (Å²) in [5.74, 6) is -0.729. The average Bonchev–Trinajstić information content (AvgIpc) is 2.90. The van der Waals surface area contributed by atoms with Crippen molar-refractivity contribution in [2.24, 2.45) is 0 Å². The lowest BCUT2D eigenvalue weighted by atomic mass is 10.1. The van der Waals surface area contributed by atoms with E-state index in [1.54, 1.807) is 24.3 Å². The number of nitrogens with zero attached hydrogens (tertiary/aromatic N) is 1. The molecule has 116 valence electrons. The second-order valence-corrected chi connectivity index (χ2v) is 5.06. The normalized spacial score (nSPS) is 12.4. The van der Waals surface area contributed by atoms with Crippen molar-refractivity contribution in [2.45, 2.75) is 13.0 Å². The maximum absolute atomic E-state index is 12.1. The first-order valence-electron chi connectivity index (χ1n) is 6.87. The number of amides is 1. The van der Waals surface area contributed by atoms with E-state index < -0.39 is 10.9 Å². The molecule has 0 atom stereocenters. The molecule has 2 aromatic carbocycles. The van der Waals surface area contributed by atoms with Gasteiger partial charge in [0.05, 0.1) is 16.9 Å². The standard InChI is InChI=1S/C16H12N2O5/c19-15(8-10-3-1-4-11(7-10)18(21)22)17-14-6-2-5-12-13(14)9-23-16(12)20/h1-7H,8-9H2,(H,17,19). The third kappa shape index (κ3) is 3.03. The Morgan fingerprint density at radius 2 is 2.04 bits per heavy atom. The average molecular weight is 312 g/mol. The van der Waals surface area contributed by atoms with Crippen molar-refractivity contribution < 1.29 is 19.2 Å². The Kier molecular flexibility index (Phi) is 3.76. The van der Waals surface area contributed by atoms with Gasteiger partial charge in [-0.25, -0.2) is 4.79 Å². The number of carbonyl (C=O) groups excluding carboxylic acids is 2.